The molecule has 1 heterocycles. The van der Waals surface area contributed by atoms with Crippen molar-refractivity contribution in [3.63, 3.8) is 0 Å². The Morgan fingerprint density at radius 1 is 1.82 bits per heavy atom. The number of nitrogens with zero attached hydrogens (tertiary/aromatic N) is 1. The molecule has 0 fully saturated rings. The van der Waals surface area contributed by atoms with E-state index >= 15 is 0 Å². The van der Waals surface area contributed by atoms with Gasteiger partial charge in [-0.15, -0.1) is 0 Å². The van der Waals surface area contributed by atoms with E-state index in [-0.39, 0.29) is 4.47 Å². The van der Waals surface area contributed by atoms with Crippen molar-refractivity contribution in [2.24, 2.45) is 0 Å². The summed E-state index contributed by atoms with van der Waals surface area (Å²) in [6.45, 7) is -5.81. The summed E-state index contributed by atoms with van der Waals surface area (Å²) in [5, 5.41) is 0. The highest BCUT2D eigenvalue weighted by atomic mass is 79.9. The number of hydrogen-bond acceptors (Lipinski definition) is 2. The lowest BCUT2D eigenvalue weighted by molar-refractivity contribution is 0.101. The van der Waals surface area contributed by atoms with Crippen LogP contribution in [0.2, 0.25) is 0 Å². The van der Waals surface area contributed by atoms with E-state index in [9.17, 15) is 4.79 Å². The lowest BCUT2D eigenvalue weighted by Gasteiger charge is -1.97. The molecule has 0 bridgehead atoms. The maximum Gasteiger partial charge on any atom is 0.178 e. The highest BCUT2D eigenvalue weighted by Crippen LogP contribution is 2.12. The van der Waals surface area contributed by atoms with Gasteiger partial charge in [-0.1, -0.05) is 15.9 Å². The Hall–Kier alpha value is -0.700. The lowest BCUT2D eigenvalue weighted by Crippen LogP contribution is -1.97. The van der Waals surface area contributed by atoms with E-state index in [0.717, 1.165) is 0 Å². The van der Waals surface area contributed by atoms with E-state index in [0.29, 0.717) is 0 Å². The second-order valence-corrected chi connectivity index (χ2v) is 2.50. The Bertz CT molecular complexity index is 535. The van der Waals surface area contributed by atoms with Crippen LogP contribution in [0.4, 0.5) is 0 Å². The van der Waals surface area contributed by atoms with Crippen LogP contribution >= 0.6 is 15.9 Å². The average molecular weight is 222 g/mol. The van der Waals surface area contributed by atoms with Crippen molar-refractivity contribution < 1.29 is 15.8 Å². The minimum absolute atomic E-state index is 0.277. The van der Waals surface area contributed by atoms with E-state index in [4.69, 9.17) is 11.0 Å². The van der Waals surface area contributed by atoms with Crippen LogP contribution in [0.3, 0.4) is 0 Å². The summed E-state index contributed by atoms with van der Waals surface area (Å²) >= 11 is 2.81. The zero-order valence-electron chi connectivity index (χ0n) is 13.2. The number of Topliss-reactive ketones (excluding diaryl/α,β-unsaturated/α-hetero) is 1. The second-order valence-electron chi connectivity index (χ2n) is 1.70. The molecule has 0 aliphatic carbocycles. The largest absolute Gasteiger partial charge is 0.293 e. The van der Waals surface area contributed by atoms with Gasteiger partial charge in [0.25, 0.3) is 0 Å². The molecule has 0 aromatic carbocycles. The van der Waals surface area contributed by atoms with Gasteiger partial charge in [0.15, 0.2) is 5.78 Å². The van der Waals surface area contributed by atoms with Crippen molar-refractivity contribution in [2.45, 2.75) is 13.7 Å². The first-order valence-corrected chi connectivity index (χ1v) is 3.38. The van der Waals surface area contributed by atoms with Gasteiger partial charge < -0.3 is 0 Å². The number of halogens is 1. The summed E-state index contributed by atoms with van der Waals surface area (Å²) in [5.74, 6) is -1.43. The maximum atomic E-state index is 11.6. The Balaban J connectivity index is 3.61. The molecule has 1 rings (SSSR count). The van der Waals surface area contributed by atoms with Crippen molar-refractivity contribution in [2.75, 3.05) is 0 Å². The van der Waals surface area contributed by atoms with Crippen LogP contribution in [-0.2, 0) is 0 Å². The van der Waals surface area contributed by atoms with Gasteiger partial charge in [-0.05, 0) is 18.9 Å². The van der Waals surface area contributed by atoms with Crippen molar-refractivity contribution in [1.82, 2.24) is 4.98 Å². The standard InChI is InChI=1S/C8H8BrNO/c1-5-3-7(9)4-8(10-5)6(2)11/h3-4H,1-2H3/i1D3,2D3,3D,4D. The van der Waals surface area contributed by atoms with Crippen molar-refractivity contribution >= 4 is 21.7 Å². The fourth-order valence-corrected chi connectivity index (χ4v) is 0.890. The molecule has 1 aromatic rings. The van der Waals surface area contributed by atoms with Crippen LogP contribution in [-0.4, -0.2) is 10.8 Å². The third kappa shape index (κ3) is 2.12. The molecule has 0 aliphatic heterocycles. The fraction of sp³-hybridized carbons (Fsp3) is 0.250. The zero-order valence-corrected chi connectivity index (χ0v) is 6.82. The minimum Gasteiger partial charge on any atom is -0.293 e. The van der Waals surface area contributed by atoms with Gasteiger partial charge in [0.2, 0.25) is 0 Å². The Labute approximate surface area is 85.0 Å². The number of hydrogen-bond donors (Lipinski definition) is 0. The summed E-state index contributed by atoms with van der Waals surface area (Å²) in [5.41, 5.74) is -1.50. The third-order valence-electron chi connectivity index (χ3n) is 0.895. The van der Waals surface area contributed by atoms with E-state index < -0.39 is 43.0 Å². The molecule has 2 nitrogen and oxygen atoms in total. The minimum atomic E-state index is -3.03. The summed E-state index contributed by atoms with van der Waals surface area (Å²) in [6, 6.07) is -1.17. The molecule has 11 heavy (non-hydrogen) atoms. The van der Waals surface area contributed by atoms with Gasteiger partial charge in [0, 0.05) is 25.2 Å². The molecule has 0 atom stereocenters. The fourth-order valence-electron chi connectivity index (χ4n) is 0.514. The number of pyridine rings is 1. The molecule has 3 heteroatoms. The van der Waals surface area contributed by atoms with Gasteiger partial charge in [-0.3, -0.25) is 4.79 Å². The van der Waals surface area contributed by atoms with Gasteiger partial charge in [0.05, 0.1) is 2.74 Å². The number of rotatable bonds is 1. The zero-order chi connectivity index (χ0) is 15.2. The van der Waals surface area contributed by atoms with Crippen LogP contribution in [0.15, 0.2) is 16.6 Å². The number of carbonyl (C=O) groups excluding carboxylic acids is 1. The summed E-state index contributed by atoms with van der Waals surface area (Å²) in [7, 11) is 0. The number of ketones is 1. The van der Waals surface area contributed by atoms with Gasteiger partial charge in [-0.25, -0.2) is 4.98 Å². The third-order valence-corrected chi connectivity index (χ3v) is 1.29. The molecule has 0 spiro atoms. The highest BCUT2D eigenvalue weighted by molar-refractivity contribution is 9.10. The topological polar surface area (TPSA) is 30.0 Å². The SMILES string of the molecule is [2H]c1c(C(=O)C([2H])([2H])[2H])nc(C([2H])([2H])[2H])c([2H])c1Br. The summed E-state index contributed by atoms with van der Waals surface area (Å²) in [6.07, 6.45) is 0. The Morgan fingerprint density at radius 3 is 3.27 bits per heavy atom. The lowest BCUT2D eigenvalue weighted by atomic mass is 10.2. The monoisotopic (exact) mass is 221 g/mol. The van der Waals surface area contributed by atoms with E-state index in [2.05, 4.69) is 20.9 Å². The summed E-state index contributed by atoms with van der Waals surface area (Å²) in [4.78, 5) is 15.0. The molecule has 0 radical (unpaired) electrons. The molecule has 58 valence electrons. The van der Waals surface area contributed by atoms with Crippen LogP contribution < -0.4 is 0 Å². The average Bonchev–Trinajstić information content (AvgIpc) is 2.22. The molecular weight excluding hydrogens is 206 g/mol. The van der Waals surface area contributed by atoms with Crippen molar-refractivity contribution in [3.05, 3.63) is 27.9 Å². The first kappa shape index (κ1) is 2.66. The molecule has 1 aromatic heterocycles. The van der Waals surface area contributed by atoms with Crippen LogP contribution in [0, 0.1) is 6.85 Å². The number of aryl methyl sites for hydroxylation is 1. The van der Waals surface area contributed by atoms with Gasteiger partial charge in [-0.2, -0.15) is 0 Å². The highest BCUT2D eigenvalue weighted by Gasteiger charge is 2.01. The molecular formula is C8H8BrNO. The molecule has 0 saturated carbocycles. The van der Waals surface area contributed by atoms with Crippen molar-refractivity contribution in [3.8, 4) is 0 Å². The van der Waals surface area contributed by atoms with Gasteiger partial charge in [0.1, 0.15) is 5.69 Å². The summed E-state index contributed by atoms with van der Waals surface area (Å²) < 4.78 is 57.3. The second kappa shape index (κ2) is 3.13. The van der Waals surface area contributed by atoms with Crippen LogP contribution in [0.1, 0.15) is 34.0 Å². The maximum absolute atomic E-state index is 11.6. The van der Waals surface area contributed by atoms with E-state index in [1.807, 2.05) is 0 Å². The quantitative estimate of drug-likeness (QED) is 0.682. The Kier molecular flexibility index (Phi) is 0.758. The van der Waals surface area contributed by atoms with E-state index in [1.54, 1.807) is 0 Å². The normalized spacial score (nSPS) is 22.6. The van der Waals surface area contributed by atoms with Gasteiger partial charge >= 0.3 is 0 Å². The van der Waals surface area contributed by atoms with Crippen LogP contribution in [0.5, 0.6) is 0 Å². The number of carbonyl (C=O) groups is 1. The smallest absolute Gasteiger partial charge is 0.178 e. The first-order chi connectivity index (χ1) is 8.37. The molecule has 0 aliphatic rings. The number of aromatic nitrogens is 1. The first-order valence-electron chi connectivity index (χ1n) is 6.59. The van der Waals surface area contributed by atoms with Crippen molar-refractivity contribution in [1.29, 1.82) is 0 Å². The predicted molar refractivity (Wildman–Crippen MR) is 46.7 cm³/mol. The molecule has 0 N–H and O–H groups in total. The predicted octanol–water partition coefficient (Wildman–Crippen LogP) is 2.36. The van der Waals surface area contributed by atoms with E-state index in [1.165, 1.54) is 0 Å². The Morgan fingerprint density at radius 2 is 2.64 bits per heavy atom. The molecule has 0 amide bonds. The molecule has 0 unspecified atom stereocenters. The molecule has 0 saturated heterocycles. The van der Waals surface area contributed by atoms with Crippen LogP contribution in [0.25, 0.3) is 0 Å².